The van der Waals surface area contributed by atoms with Crippen molar-refractivity contribution >= 4 is 33.3 Å². The molecule has 2 heterocycles. The number of aromatic nitrogens is 2. The number of carbonyl (C=O) groups excluding carboxylic acids is 1. The molecule has 2 bridgehead atoms. The molecule has 0 unspecified atom stereocenters. The van der Waals surface area contributed by atoms with Crippen LogP contribution < -0.4 is 11.5 Å². The minimum atomic E-state index is -1.35. The van der Waals surface area contributed by atoms with Gasteiger partial charge in [-0.3, -0.25) is 9.79 Å². The van der Waals surface area contributed by atoms with Gasteiger partial charge in [-0.05, 0) is 141 Å². The van der Waals surface area contributed by atoms with Crippen molar-refractivity contribution in [2.75, 3.05) is 12.3 Å². The van der Waals surface area contributed by atoms with Crippen LogP contribution in [0.4, 0.5) is 0 Å². The molecule has 1 aliphatic heterocycles. The van der Waals surface area contributed by atoms with Crippen LogP contribution in [0.3, 0.4) is 0 Å². The largest absolute Gasteiger partial charge is 0.393 e. The Morgan fingerprint density at radius 1 is 0.935 bits per heavy atom. The quantitative estimate of drug-likeness (QED) is 0.0748. The Bertz CT molecular complexity index is 1930. The van der Waals surface area contributed by atoms with Gasteiger partial charge in [-0.15, -0.1) is 0 Å². The van der Waals surface area contributed by atoms with Crippen molar-refractivity contribution in [2.45, 2.75) is 185 Å². The first-order chi connectivity index (χ1) is 29.4. The molecule has 1 saturated heterocycles. The van der Waals surface area contributed by atoms with Gasteiger partial charge in [0.2, 0.25) is 0 Å². The molecule has 8 aliphatic rings. The second-order valence-electron chi connectivity index (χ2n) is 23.3. The van der Waals surface area contributed by atoms with Gasteiger partial charge in [0.1, 0.15) is 0 Å². The highest BCUT2D eigenvalue weighted by molar-refractivity contribution is 8.77. The first-order valence-electron chi connectivity index (χ1n) is 24.4. The van der Waals surface area contributed by atoms with Crippen molar-refractivity contribution in [3.8, 4) is 0 Å². The van der Waals surface area contributed by atoms with Crippen LogP contribution in [-0.4, -0.2) is 82.7 Å². The van der Waals surface area contributed by atoms with E-state index in [1.807, 2.05) is 34.1 Å². The average Bonchev–Trinajstić information content (AvgIpc) is 4.05. The van der Waals surface area contributed by atoms with Gasteiger partial charge in [0.05, 0.1) is 30.2 Å². The van der Waals surface area contributed by atoms with E-state index in [2.05, 4.69) is 55.4 Å². The standard InChI is InChI=1S/C50H77N5O5S2/c1-30-34-22-42(50(60)37-21-39(57)36-20-40(58)41(59)26-46(36,4)43(37)32(23-47(34,50)5)27-54-44(51)52)49(15-8-9-16-49)62-61-28-33(55-18-17-53-29-55)25-45(2,3)35(19-38(30)56)31-11-10-14-48(24-31)12-6-7-13-48/h17-18,21,29-30,32-34,36,38,40-43,56,58-60H,6-16,19-20,22-28H2,1-5H3,(H4,51,52,54)/b35-31+/t30-,32-,33+,34+,36-,38+,40+,41-,42+,43-,46-,47+,50-/m0/s1. The molecule has 12 heteroatoms. The summed E-state index contributed by atoms with van der Waals surface area (Å²) in [7, 11) is 3.97. The Kier molecular flexibility index (Phi) is 12.1. The summed E-state index contributed by atoms with van der Waals surface area (Å²) in [6, 6.07) is 0.198. The van der Waals surface area contributed by atoms with Gasteiger partial charge < -0.3 is 36.5 Å². The summed E-state index contributed by atoms with van der Waals surface area (Å²) in [5.74, 6) is -0.350. The number of fused-ring (bicyclic) bond motifs is 10. The summed E-state index contributed by atoms with van der Waals surface area (Å²) in [5, 5.41) is 49.8. The monoisotopic (exact) mass is 892 g/mol. The molecule has 0 radical (unpaired) electrons. The zero-order valence-electron chi connectivity index (χ0n) is 38.2. The van der Waals surface area contributed by atoms with Crippen molar-refractivity contribution < 1.29 is 25.2 Å². The summed E-state index contributed by atoms with van der Waals surface area (Å²) in [6.45, 7) is 11.9. The first kappa shape index (κ1) is 45.3. The summed E-state index contributed by atoms with van der Waals surface area (Å²) in [4.78, 5) is 23.9. The summed E-state index contributed by atoms with van der Waals surface area (Å²) in [6.07, 6.45) is 22.9. The Morgan fingerprint density at radius 3 is 2.34 bits per heavy atom. The predicted molar refractivity (Wildman–Crippen MR) is 250 cm³/mol. The number of nitrogens with two attached hydrogens (primary N) is 2. The third kappa shape index (κ3) is 7.32. The average molecular weight is 892 g/mol. The molecule has 9 rings (SSSR count). The van der Waals surface area contributed by atoms with Gasteiger partial charge in [0.25, 0.3) is 0 Å². The molecule has 62 heavy (non-hydrogen) atoms. The minimum absolute atomic E-state index is 0.0157. The molecule has 8 N–H and O–H groups in total. The molecule has 2 spiro atoms. The zero-order chi connectivity index (χ0) is 44.0. The van der Waals surface area contributed by atoms with Crippen LogP contribution in [0.5, 0.6) is 0 Å². The number of rotatable bonds is 3. The lowest BCUT2D eigenvalue weighted by Crippen LogP contribution is -2.66. The number of hydrogen-bond donors (Lipinski definition) is 6. The smallest absolute Gasteiger partial charge is 0.185 e. The van der Waals surface area contributed by atoms with E-state index in [0.717, 1.165) is 62.7 Å². The zero-order valence-corrected chi connectivity index (χ0v) is 39.9. The summed E-state index contributed by atoms with van der Waals surface area (Å²) in [5.41, 5.74) is 13.5. The molecule has 1 aromatic rings. The summed E-state index contributed by atoms with van der Waals surface area (Å²) < 4.78 is 2.07. The van der Waals surface area contributed by atoms with Crippen LogP contribution in [0.2, 0.25) is 0 Å². The third-order valence-electron chi connectivity index (χ3n) is 19.4. The Morgan fingerprint density at radius 2 is 1.65 bits per heavy atom. The van der Waals surface area contributed by atoms with E-state index in [-0.39, 0.29) is 70.4 Å². The van der Waals surface area contributed by atoms with E-state index in [9.17, 15) is 25.2 Å². The number of nitrogens with zero attached hydrogens (tertiary/aromatic N) is 3. The highest BCUT2D eigenvalue weighted by Gasteiger charge is 2.75. The Balaban J connectivity index is 1.20. The molecular weight excluding hydrogens is 815 g/mol. The Hall–Kier alpha value is -1.83. The normalized spacial score (nSPS) is 45.2. The summed E-state index contributed by atoms with van der Waals surface area (Å²) >= 11 is 0. The fourth-order valence-electron chi connectivity index (χ4n) is 16.5. The maximum Gasteiger partial charge on any atom is 0.185 e. The lowest BCUT2D eigenvalue weighted by Gasteiger charge is -2.64. The number of hydrogen-bond acceptors (Lipinski definition) is 9. The van der Waals surface area contributed by atoms with Gasteiger partial charge in [0.15, 0.2) is 11.7 Å². The number of carbonyl (C=O) groups is 1. The van der Waals surface area contributed by atoms with Crippen molar-refractivity contribution in [1.29, 1.82) is 0 Å². The number of aliphatic hydroxyl groups is 4. The van der Waals surface area contributed by atoms with E-state index in [1.54, 1.807) is 11.6 Å². The van der Waals surface area contributed by atoms with Gasteiger partial charge >= 0.3 is 0 Å². The third-order valence-corrected chi connectivity index (χ3v) is 22.9. The fourth-order valence-corrected chi connectivity index (χ4v) is 20.3. The van der Waals surface area contributed by atoms with Crippen LogP contribution >= 0.6 is 21.6 Å². The highest BCUT2D eigenvalue weighted by atomic mass is 33.1. The topological polar surface area (TPSA) is 180 Å². The SMILES string of the molecule is C[C@@H]1[C@H](O)C/C(=C2/CCCC3(CCCC3)C2)C(C)(C)C[C@@H](n2ccnc2)CSSC2(CCCC2)[C@H]2C[C@H]1[C@@]1(C)C[C@@H](CN=C(N)N)[C@H]3C(=CC(=O)[C@@H]4C[C@@H](O)[C@@H](O)C[C@]34C)[C@]21O. The highest BCUT2D eigenvalue weighted by Crippen LogP contribution is 2.75. The molecule has 1 aromatic heterocycles. The van der Waals surface area contributed by atoms with Gasteiger partial charge in [-0.25, -0.2) is 4.98 Å². The Labute approximate surface area is 378 Å². The van der Waals surface area contributed by atoms with Crippen molar-refractivity contribution in [3.63, 3.8) is 0 Å². The molecular formula is C50H77N5O5S2. The molecule has 7 fully saturated rings. The molecule has 0 amide bonds. The van der Waals surface area contributed by atoms with Crippen LogP contribution in [0, 0.1) is 57.2 Å². The van der Waals surface area contributed by atoms with E-state index in [1.165, 1.54) is 44.1 Å². The van der Waals surface area contributed by atoms with Gasteiger partial charge in [0, 0.05) is 52.7 Å². The lowest BCUT2D eigenvalue weighted by atomic mass is 9.42. The molecule has 6 saturated carbocycles. The van der Waals surface area contributed by atoms with Crippen LogP contribution in [0.1, 0.15) is 156 Å². The number of imidazole rings is 1. The molecule has 0 aromatic carbocycles. The van der Waals surface area contributed by atoms with Crippen LogP contribution in [0.25, 0.3) is 0 Å². The van der Waals surface area contributed by atoms with E-state index in [0.29, 0.717) is 24.8 Å². The van der Waals surface area contributed by atoms with Crippen molar-refractivity contribution in [2.24, 2.45) is 73.6 Å². The number of aliphatic hydroxyl groups excluding tert-OH is 3. The van der Waals surface area contributed by atoms with Crippen molar-refractivity contribution in [1.82, 2.24) is 9.55 Å². The number of allylic oxidation sites excluding steroid dienone is 2. The predicted octanol–water partition coefficient (Wildman–Crippen LogP) is 8.30. The lowest BCUT2D eigenvalue weighted by molar-refractivity contribution is -0.171. The second kappa shape index (κ2) is 16.5. The number of guanidine groups is 1. The fraction of sp³-hybridized carbons (Fsp3) is 0.820. The molecule has 10 nitrogen and oxygen atoms in total. The van der Waals surface area contributed by atoms with E-state index >= 15 is 0 Å². The van der Waals surface area contributed by atoms with Gasteiger partial charge in [-0.2, -0.15) is 0 Å². The molecule has 344 valence electrons. The van der Waals surface area contributed by atoms with E-state index in [4.69, 9.17) is 11.5 Å². The number of ketones is 1. The second-order valence-corrected chi connectivity index (χ2v) is 26.0. The van der Waals surface area contributed by atoms with Crippen LogP contribution in [0.15, 0.2) is 46.5 Å². The first-order valence-corrected chi connectivity index (χ1v) is 26.8. The van der Waals surface area contributed by atoms with Crippen LogP contribution in [-0.2, 0) is 4.79 Å². The van der Waals surface area contributed by atoms with Crippen molar-refractivity contribution in [3.05, 3.63) is 41.5 Å². The minimum Gasteiger partial charge on any atom is -0.393 e. The van der Waals surface area contributed by atoms with E-state index < -0.39 is 40.7 Å². The molecule has 7 aliphatic carbocycles. The number of aliphatic imine (C=N–C) groups is 1. The maximum absolute atomic E-state index is 14.7. The molecule has 13 atom stereocenters. The van der Waals surface area contributed by atoms with Gasteiger partial charge in [-0.1, -0.05) is 93.0 Å². The maximum atomic E-state index is 14.7.